The summed E-state index contributed by atoms with van der Waals surface area (Å²) in [4.78, 5) is 11.8. The molecule has 2 aromatic carbocycles. The fourth-order valence-electron chi connectivity index (χ4n) is 1.63. The van der Waals surface area contributed by atoms with Crippen molar-refractivity contribution in [2.24, 2.45) is 0 Å². The van der Waals surface area contributed by atoms with Gasteiger partial charge in [-0.2, -0.15) is 0 Å². The van der Waals surface area contributed by atoms with Gasteiger partial charge in [0.05, 0.1) is 0 Å². The Morgan fingerprint density at radius 2 is 1.65 bits per heavy atom. The molecule has 0 aromatic heterocycles. The van der Waals surface area contributed by atoms with E-state index in [1.54, 1.807) is 0 Å². The molecule has 0 aliphatic heterocycles. The predicted octanol–water partition coefficient (Wildman–Crippen LogP) is 3.27. The van der Waals surface area contributed by atoms with Crippen molar-refractivity contribution in [2.75, 3.05) is 0 Å². The normalized spacial score (nSPS) is 10.9. The Kier molecular flexibility index (Phi) is 3.79. The van der Waals surface area contributed by atoms with Crippen LogP contribution in [-0.4, -0.2) is 16.0 Å². The van der Waals surface area contributed by atoms with Crippen LogP contribution in [0.1, 0.15) is 15.9 Å². The molecule has 3 nitrogen and oxygen atoms in total. The maximum absolute atomic E-state index is 13.0. The number of rotatable bonds is 3. The van der Waals surface area contributed by atoms with Crippen molar-refractivity contribution in [3.8, 4) is 11.5 Å². The fraction of sp³-hybridized carbons (Fsp3) is 0. The molecule has 0 unspecified atom stereocenters. The number of carbonyl (C=O) groups is 1. The third kappa shape index (κ3) is 3.20. The number of aromatic hydroxyl groups is 2. The Labute approximate surface area is 113 Å². The van der Waals surface area contributed by atoms with Crippen LogP contribution in [0.3, 0.4) is 0 Å². The first kappa shape index (κ1) is 13.7. The number of hydrogen-bond donors (Lipinski definition) is 2. The number of phenolic OH excluding ortho intramolecular Hbond substituents is 2. The zero-order chi connectivity index (χ0) is 14.7. The molecule has 0 radical (unpaired) electrons. The van der Waals surface area contributed by atoms with E-state index in [0.29, 0.717) is 6.07 Å². The number of allylic oxidation sites excluding steroid dienone is 1. The molecule has 0 saturated carbocycles. The SMILES string of the molecule is O=C(/C=C/c1cc(O)ccc1O)c1cc(F)cc(F)c1. The second-order valence-electron chi connectivity index (χ2n) is 4.10. The van der Waals surface area contributed by atoms with Gasteiger partial charge in [0.1, 0.15) is 23.1 Å². The quantitative estimate of drug-likeness (QED) is 0.514. The highest BCUT2D eigenvalue weighted by molar-refractivity contribution is 6.06. The van der Waals surface area contributed by atoms with Crippen LogP contribution in [-0.2, 0) is 0 Å². The van der Waals surface area contributed by atoms with Gasteiger partial charge in [-0.1, -0.05) is 0 Å². The first-order chi connectivity index (χ1) is 9.45. The summed E-state index contributed by atoms with van der Waals surface area (Å²) in [6, 6.07) is 6.31. The van der Waals surface area contributed by atoms with Crippen molar-refractivity contribution in [3.63, 3.8) is 0 Å². The lowest BCUT2D eigenvalue weighted by Crippen LogP contribution is -1.96. The monoisotopic (exact) mass is 276 g/mol. The van der Waals surface area contributed by atoms with Crippen LogP contribution in [0.15, 0.2) is 42.5 Å². The topological polar surface area (TPSA) is 57.5 Å². The lowest BCUT2D eigenvalue weighted by Gasteiger charge is -2.00. The highest BCUT2D eigenvalue weighted by Gasteiger charge is 2.07. The van der Waals surface area contributed by atoms with Gasteiger partial charge >= 0.3 is 0 Å². The number of halogens is 2. The van der Waals surface area contributed by atoms with Gasteiger partial charge in [-0.25, -0.2) is 8.78 Å². The van der Waals surface area contributed by atoms with Crippen molar-refractivity contribution < 1.29 is 23.8 Å². The summed E-state index contributed by atoms with van der Waals surface area (Å²) in [5, 5.41) is 18.8. The summed E-state index contributed by atoms with van der Waals surface area (Å²) in [5.41, 5.74) is 0.0774. The average Bonchev–Trinajstić information content (AvgIpc) is 2.38. The molecule has 20 heavy (non-hydrogen) atoms. The molecule has 0 fully saturated rings. The smallest absolute Gasteiger partial charge is 0.186 e. The summed E-state index contributed by atoms with van der Waals surface area (Å²) in [5.74, 6) is -2.51. The third-order valence-corrected chi connectivity index (χ3v) is 2.57. The van der Waals surface area contributed by atoms with Crippen LogP contribution in [0.2, 0.25) is 0 Å². The van der Waals surface area contributed by atoms with Crippen LogP contribution in [0.5, 0.6) is 11.5 Å². The summed E-state index contributed by atoms with van der Waals surface area (Å²) in [6.07, 6.45) is 2.31. The number of benzene rings is 2. The molecule has 5 heteroatoms. The van der Waals surface area contributed by atoms with Crippen LogP contribution >= 0.6 is 0 Å². The molecule has 0 aliphatic rings. The minimum atomic E-state index is -0.845. The molecule has 0 aliphatic carbocycles. The number of phenols is 2. The molecule has 102 valence electrons. The number of ketones is 1. The fourth-order valence-corrected chi connectivity index (χ4v) is 1.63. The van der Waals surface area contributed by atoms with E-state index in [1.165, 1.54) is 24.3 Å². The van der Waals surface area contributed by atoms with Crippen molar-refractivity contribution in [1.29, 1.82) is 0 Å². The van der Waals surface area contributed by atoms with Crippen LogP contribution in [0.25, 0.3) is 6.08 Å². The Morgan fingerprint density at radius 3 is 2.30 bits per heavy atom. The molecule has 0 amide bonds. The van der Waals surface area contributed by atoms with Gasteiger partial charge in [0, 0.05) is 17.2 Å². The largest absolute Gasteiger partial charge is 0.508 e. The van der Waals surface area contributed by atoms with Crippen molar-refractivity contribution in [3.05, 3.63) is 65.2 Å². The second kappa shape index (κ2) is 5.52. The van der Waals surface area contributed by atoms with E-state index < -0.39 is 17.4 Å². The zero-order valence-corrected chi connectivity index (χ0v) is 10.2. The first-order valence-electron chi connectivity index (χ1n) is 5.66. The third-order valence-electron chi connectivity index (χ3n) is 2.57. The number of hydrogen-bond acceptors (Lipinski definition) is 3. The Balaban J connectivity index is 2.26. The molecule has 2 aromatic rings. The molecule has 0 spiro atoms. The van der Waals surface area contributed by atoms with Gasteiger partial charge in [0.25, 0.3) is 0 Å². The Hall–Kier alpha value is -2.69. The van der Waals surface area contributed by atoms with Crippen molar-refractivity contribution >= 4 is 11.9 Å². The van der Waals surface area contributed by atoms with E-state index in [-0.39, 0.29) is 22.6 Å². The second-order valence-corrected chi connectivity index (χ2v) is 4.10. The Morgan fingerprint density at radius 1 is 1.00 bits per heavy atom. The van der Waals surface area contributed by atoms with E-state index in [2.05, 4.69) is 0 Å². The predicted molar refractivity (Wildman–Crippen MR) is 69.5 cm³/mol. The van der Waals surface area contributed by atoms with E-state index in [9.17, 15) is 23.8 Å². The van der Waals surface area contributed by atoms with Gasteiger partial charge in [-0.3, -0.25) is 4.79 Å². The summed E-state index contributed by atoms with van der Waals surface area (Å²) in [7, 11) is 0. The molecular formula is C15H10F2O3. The average molecular weight is 276 g/mol. The Bertz CT molecular complexity index is 673. The van der Waals surface area contributed by atoms with Crippen LogP contribution < -0.4 is 0 Å². The van der Waals surface area contributed by atoms with Gasteiger partial charge in [-0.15, -0.1) is 0 Å². The van der Waals surface area contributed by atoms with Crippen molar-refractivity contribution in [1.82, 2.24) is 0 Å². The van der Waals surface area contributed by atoms with Crippen molar-refractivity contribution in [2.45, 2.75) is 0 Å². The lowest BCUT2D eigenvalue weighted by molar-refractivity contribution is 0.104. The summed E-state index contributed by atoms with van der Waals surface area (Å²) < 4.78 is 26.0. The minimum Gasteiger partial charge on any atom is -0.508 e. The van der Waals surface area contributed by atoms with E-state index in [0.717, 1.165) is 18.2 Å². The van der Waals surface area contributed by atoms with Gasteiger partial charge < -0.3 is 10.2 Å². The van der Waals surface area contributed by atoms with Gasteiger partial charge in [-0.05, 0) is 42.5 Å². The minimum absolute atomic E-state index is 0.0771. The first-order valence-corrected chi connectivity index (χ1v) is 5.66. The summed E-state index contributed by atoms with van der Waals surface area (Å²) in [6.45, 7) is 0. The number of carbonyl (C=O) groups excluding carboxylic acids is 1. The molecular weight excluding hydrogens is 266 g/mol. The zero-order valence-electron chi connectivity index (χ0n) is 10.2. The van der Waals surface area contributed by atoms with Crippen LogP contribution in [0.4, 0.5) is 8.78 Å². The maximum atomic E-state index is 13.0. The van der Waals surface area contributed by atoms with E-state index in [1.807, 2.05) is 0 Å². The highest BCUT2D eigenvalue weighted by Crippen LogP contribution is 2.23. The maximum Gasteiger partial charge on any atom is 0.186 e. The molecule has 2 rings (SSSR count). The molecule has 0 bridgehead atoms. The van der Waals surface area contributed by atoms with E-state index in [4.69, 9.17) is 0 Å². The molecule has 2 N–H and O–H groups in total. The highest BCUT2D eigenvalue weighted by atomic mass is 19.1. The molecule has 0 saturated heterocycles. The summed E-state index contributed by atoms with van der Waals surface area (Å²) >= 11 is 0. The van der Waals surface area contributed by atoms with Gasteiger partial charge in [0.2, 0.25) is 0 Å². The van der Waals surface area contributed by atoms with Crippen LogP contribution in [0, 0.1) is 11.6 Å². The lowest BCUT2D eigenvalue weighted by atomic mass is 10.1. The van der Waals surface area contributed by atoms with Gasteiger partial charge in [0.15, 0.2) is 5.78 Å². The van der Waals surface area contributed by atoms with E-state index >= 15 is 0 Å². The molecule has 0 heterocycles. The standard InChI is InChI=1S/C15H10F2O3/c16-11-5-10(6-12(17)8-11)15(20)3-1-9-7-13(18)2-4-14(9)19/h1-8,18-19H/b3-1+. The molecule has 0 atom stereocenters.